The average Bonchev–Trinajstić information content (AvgIpc) is 3.29. The molecule has 3 heterocycles. The first kappa shape index (κ1) is 28.5. The number of amides is 1. The van der Waals surface area contributed by atoms with Crippen LogP contribution in [0.1, 0.15) is 57.0 Å². The fourth-order valence-electron chi connectivity index (χ4n) is 5.74. The predicted octanol–water partition coefficient (Wildman–Crippen LogP) is 5.01. The van der Waals surface area contributed by atoms with Crippen molar-refractivity contribution >= 4 is 38.2 Å². The number of nitrogens with one attached hydrogen (secondary N) is 1. The molecule has 0 saturated carbocycles. The van der Waals surface area contributed by atoms with E-state index in [1.807, 2.05) is 18.2 Å². The van der Waals surface area contributed by atoms with E-state index >= 15 is 0 Å². The number of methoxy groups -OCH3 is 1. The van der Waals surface area contributed by atoms with Gasteiger partial charge in [0.15, 0.2) is 0 Å². The third kappa shape index (κ3) is 6.00. The number of benzene rings is 2. The average molecular weight is 582 g/mol. The van der Waals surface area contributed by atoms with Gasteiger partial charge < -0.3 is 10.1 Å². The third-order valence-electron chi connectivity index (χ3n) is 7.59. The van der Waals surface area contributed by atoms with Crippen LogP contribution in [-0.4, -0.2) is 56.2 Å². The van der Waals surface area contributed by atoms with Gasteiger partial charge in [0.2, 0.25) is 10.0 Å². The summed E-state index contributed by atoms with van der Waals surface area (Å²) in [7, 11) is -2.30. The summed E-state index contributed by atoms with van der Waals surface area (Å²) >= 11 is 1.39. The van der Waals surface area contributed by atoms with E-state index in [1.54, 1.807) is 4.31 Å². The van der Waals surface area contributed by atoms with Crippen molar-refractivity contribution in [3.05, 3.63) is 81.7 Å². The first-order valence-corrected chi connectivity index (χ1v) is 15.8. The molecule has 0 radical (unpaired) electrons. The van der Waals surface area contributed by atoms with Crippen LogP contribution in [0, 0.1) is 11.8 Å². The Bertz CT molecular complexity index is 1480. The number of anilines is 1. The molecular weight excluding hydrogens is 546 g/mol. The summed E-state index contributed by atoms with van der Waals surface area (Å²) in [5.41, 5.74) is 2.86. The number of rotatable bonds is 7. The van der Waals surface area contributed by atoms with Crippen molar-refractivity contribution in [2.24, 2.45) is 11.8 Å². The molecule has 3 aromatic rings. The highest BCUT2D eigenvalue weighted by Crippen LogP contribution is 2.38. The van der Waals surface area contributed by atoms with E-state index in [4.69, 9.17) is 4.74 Å². The molecule has 40 heavy (non-hydrogen) atoms. The van der Waals surface area contributed by atoms with Crippen LogP contribution in [0.4, 0.5) is 5.00 Å². The zero-order valence-electron chi connectivity index (χ0n) is 23.1. The lowest BCUT2D eigenvalue weighted by Gasteiger charge is -2.34. The van der Waals surface area contributed by atoms with Crippen molar-refractivity contribution in [2.75, 3.05) is 32.1 Å². The topological polar surface area (TPSA) is 96.0 Å². The molecule has 2 aliphatic rings. The second-order valence-electron chi connectivity index (χ2n) is 10.9. The highest BCUT2D eigenvalue weighted by atomic mass is 32.2. The van der Waals surface area contributed by atoms with Crippen LogP contribution in [0.5, 0.6) is 0 Å². The third-order valence-corrected chi connectivity index (χ3v) is 10.6. The SMILES string of the molecule is COC(=O)c1c(NC(=O)c2ccc(S(=O)(=O)N3C[C@H](C)C[C@H](C)C3)cc2)sc2c1CCN(Cc1ccccc1)C2. The summed E-state index contributed by atoms with van der Waals surface area (Å²) in [6, 6.07) is 16.2. The monoisotopic (exact) mass is 581 g/mol. The molecular formula is C30H35N3O5S2. The van der Waals surface area contributed by atoms with Gasteiger partial charge in [-0.25, -0.2) is 13.2 Å². The van der Waals surface area contributed by atoms with Gasteiger partial charge in [0, 0.05) is 43.2 Å². The minimum Gasteiger partial charge on any atom is -0.465 e. The van der Waals surface area contributed by atoms with Gasteiger partial charge in [-0.3, -0.25) is 9.69 Å². The van der Waals surface area contributed by atoms with E-state index in [0.717, 1.165) is 30.0 Å². The molecule has 8 nitrogen and oxygen atoms in total. The second-order valence-corrected chi connectivity index (χ2v) is 13.9. The number of carbonyl (C=O) groups is 2. The van der Waals surface area contributed by atoms with Crippen molar-refractivity contribution in [3.63, 3.8) is 0 Å². The van der Waals surface area contributed by atoms with Crippen molar-refractivity contribution in [3.8, 4) is 0 Å². The first-order chi connectivity index (χ1) is 19.2. The molecule has 1 N–H and O–H groups in total. The molecule has 1 amide bonds. The zero-order valence-corrected chi connectivity index (χ0v) is 24.7. The van der Waals surface area contributed by atoms with Crippen molar-refractivity contribution in [1.29, 1.82) is 0 Å². The molecule has 212 valence electrons. The van der Waals surface area contributed by atoms with Crippen molar-refractivity contribution in [1.82, 2.24) is 9.21 Å². The van der Waals surface area contributed by atoms with Gasteiger partial charge in [-0.15, -0.1) is 11.3 Å². The van der Waals surface area contributed by atoms with Crippen LogP contribution in [-0.2, 0) is 34.3 Å². The van der Waals surface area contributed by atoms with Gasteiger partial charge in [-0.05, 0) is 60.1 Å². The van der Waals surface area contributed by atoms with Gasteiger partial charge in [0.1, 0.15) is 5.00 Å². The van der Waals surface area contributed by atoms with E-state index in [0.29, 0.717) is 54.0 Å². The standard InChI is InChI=1S/C30H35N3O5S2/c1-20-15-21(2)17-33(16-20)40(36,37)24-11-9-23(10-12-24)28(34)31-29-27(30(35)38-3)25-13-14-32(19-26(25)39-29)18-22-7-5-4-6-8-22/h4-12,20-21H,13-19H2,1-3H3,(H,31,34)/t20-,21+. The minimum absolute atomic E-state index is 0.172. The maximum atomic E-state index is 13.2. The molecule has 10 heteroatoms. The largest absolute Gasteiger partial charge is 0.465 e. The fraction of sp³-hybridized carbons (Fsp3) is 0.400. The maximum Gasteiger partial charge on any atom is 0.341 e. The molecule has 1 aromatic heterocycles. The number of hydrogen-bond donors (Lipinski definition) is 1. The second kappa shape index (κ2) is 11.8. The summed E-state index contributed by atoms with van der Waals surface area (Å²) in [6.45, 7) is 7.40. The minimum atomic E-state index is -3.64. The van der Waals surface area contributed by atoms with E-state index in [-0.39, 0.29) is 4.90 Å². The lowest BCUT2D eigenvalue weighted by atomic mass is 9.94. The van der Waals surface area contributed by atoms with E-state index < -0.39 is 21.9 Å². The Morgan fingerprint density at radius 2 is 1.70 bits per heavy atom. The van der Waals surface area contributed by atoms with Gasteiger partial charge in [0.05, 0.1) is 17.6 Å². The zero-order chi connectivity index (χ0) is 28.4. The van der Waals surface area contributed by atoms with Gasteiger partial charge in [-0.2, -0.15) is 4.31 Å². The number of carbonyl (C=O) groups excluding carboxylic acids is 2. The molecule has 0 spiro atoms. The van der Waals surface area contributed by atoms with Crippen LogP contribution in [0.3, 0.4) is 0 Å². The number of piperidine rings is 1. The molecule has 2 aliphatic heterocycles. The number of thiophene rings is 1. The Balaban J connectivity index is 1.33. The Labute approximate surface area is 240 Å². The first-order valence-electron chi connectivity index (χ1n) is 13.6. The van der Waals surface area contributed by atoms with Crippen LogP contribution < -0.4 is 5.32 Å². The summed E-state index contributed by atoms with van der Waals surface area (Å²) in [5, 5.41) is 3.35. The molecule has 1 fully saturated rings. The lowest BCUT2D eigenvalue weighted by molar-refractivity contribution is 0.0600. The number of nitrogens with zero attached hydrogens (tertiary/aromatic N) is 2. The molecule has 0 bridgehead atoms. The molecule has 2 aromatic carbocycles. The predicted molar refractivity (Wildman–Crippen MR) is 156 cm³/mol. The Morgan fingerprint density at radius 3 is 2.35 bits per heavy atom. The summed E-state index contributed by atoms with van der Waals surface area (Å²) < 4.78 is 33.1. The molecule has 0 unspecified atom stereocenters. The van der Waals surface area contributed by atoms with Gasteiger partial charge in [-0.1, -0.05) is 44.2 Å². The van der Waals surface area contributed by atoms with E-state index in [1.165, 1.54) is 48.3 Å². The Hall–Kier alpha value is -3.05. The quantitative estimate of drug-likeness (QED) is 0.394. The normalized spacial score (nSPS) is 20.1. The summed E-state index contributed by atoms with van der Waals surface area (Å²) in [5.74, 6) is -0.283. The van der Waals surface area contributed by atoms with Crippen molar-refractivity contribution < 1.29 is 22.7 Å². The fourth-order valence-corrected chi connectivity index (χ4v) is 8.70. The highest BCUT2D eigenvalue weighted by Gasteiger charge is 2.32. The van der Waals surface area contributed by atoms with Crippen LogP contribution in [0.2, 0.25) is 0 Å². The van der Waals surface area contributed by atoms with Gasteiger partial charge in [0.25, 0.3) is 5.91 Å². The molecule has 2 atom stereocenters. The molecule has 1 saturated heterocycles. The molecule has 5 rings (SSSR count). The number of esters is 1. The van der Waals surface area contributed by atoms with Crippen LogP contribution >= 0.6 is 11.3 Å². The van der Waals surface area contributed by atoms with Crippen LogP contribution in [0.15, 0.2) is 59.5 Å². The smallest absolute Gasteiger partial charge is 0.341 e. The molecule has 0 aliphatic carbocycles. The lowest BCUT2D eigenvalue weighted by Crippen LogP contribution is -2.42. The van der Waals surface area contributed by atoms with E-state index in [2.05, 4.69) is 36.2 Å². The Morgan fingerprint density at radius 1 is 1.02 bits per heavy atom. The number of sulfonamides is 1. The van der Waals surface area contributed by atoms with Crippen LogP contribution in [0.25, 0.3) is 0 Å². The maximum absolute atomic E-state index is 13.2. The summed E-state index contributed by atoms with van der Waals surface area (Å²) in [6.07, 6.45) is 1.69. The van der Waals surface area contributed by atoms with Gasteiger partial charge >= 0.3 is 5.97 Å². The number of hydrogen-bond acceptors (Lipinski definition) is 7. The van der Waals surface area contributed by atoms with E-state index in [9.17, 15) is 18.0 Å². The number of ether oxygens (including phenoxy) is 1. The Kier molecular flexibility index (Phi) is 8.42. The number of fused-ring (bicyclic) bond motifs is 1. The highest BCUT2D eigenvalue weighted by molar-refractivity contribution is 7.89. The van der Waals surface area contributed by atoms with Crippen molar-refractivity contribution in [2.45, 2.75) is 44.7 Å². The summed E-state index contributed by atoms with van der Waals surface area (Å²) in [4.78, 5) is 29.5.